The van der Waals surface area contributed by atoms with Crippen molar-refractivity contribution in [2.75, 3.05) is 13.2 Å². The summed E-state index contributed by atoms with van der Waals surface area (Å²) in [5, 5.41) is 2.78. The first-order valence-corrected chi connectivity index (χ1v) is 5.13. The Morgan fingerprint density at radius 1 is 1.60 bits per heavy atom. The van der Waals surface area contributed by atoms with Gasteiger partial charge in [-0.25, -0.2) is 4.79 Å². The number of nitrogens with one attached hydrogen (secondary N) is 1. The van der Waals surface area contributed by atoms with Crippen molar-refractivity contribution < 1.29 is 14.3 Å². The van der Waals surface area contributed by atoms with Crippen LogP contribution in [0.2, 0.25) is 0 Å². The molecular formula is C11H19NO3. The Labute approximate surface area is 90.6 Å². The van der Waals surface area contributed by atoms with Gasteiger partial charge in [0, 0.05) is 6.61 Å². The summed E-state index contributed by atoms with van der Waals surface area (Å²) in [5.74, 6) is 0. The average Bonchev–Trinajstić information content (AvgIpc) is 2.05. The van der Waals surface area contributed by atoms with Gasteiger partial charge in [-0.15, -0.1) is 0 Å². The smallest absolute Gasteiger partial charge is 0.408 e. The maximum absolute atomic E-state index is 11.5. The topological polar surface area (TPSA) is 47.6 Å². The molecule has 0 bridgehead atoms. The van der Waals surface area contributed by atoms with E-state index in [0.717, 1.165) is 12.0 Å². The third-order valence-electron chi connectivity index (χ3n) is 2.02. The fraction of sp³-hybridized carbons (Fsp3) is 0.727. The van der Waals surface area contributed by atoms with Gasteiger partial charge < -0.3 is 14.8 Å². The molecule has 1 unspecified atom stereocenters. The van der Waals surface area contributed by atoms with E-state index in [1.807, 2.05) is 20.8 Å². The van der Waals surface area contributed by atoms with E-state index in [-0.39, 0.29) is 6.04 Å². The Hall–Kier alpha value is -1.03. The lowest BCUT2D eigenvalue weighted by Gasteiger charge is -2.27. The molecular weight excluding hydrogens is 194 g/mol. The molecule has 0 aromatic carbocycles. The molecule has 1 aliphatic rings. The van der Waals surface area contributed by atoms with Crippen LogP contribution in [0.3, 0.4) is 0 Å². The van der Waals surface area contributed by atoms with E-state index in [1.165, 1.54) is 0 Å². The summed E-state index contributed by atoms with van der Waals surface area (Å²) in [6.07, 6.45) is 0.369. The van der Waals surface area contributed by atoms with Crippen LogP contribution in [0.25, 0.3) is 0 Å². The Kier molecular flexibility index (Phi) is 3.74. The lowest BCUT2D eigenvalue weighted by Crippen LogP contribution is -2.43. The lowest BCUT2D eigenvalue weighted by molar-refractivity contribution is 0.0470. The first kappa shape index (κ1) is 12.0. The van der Waals surface area contributed by atoms with E-state index in [9.17, 15) is 4.79 Å². The Morgan fingerprint density at radius 3 is 2.80 bits per heavy atom. The van der Waals surface area contributed by atoms with Crippen LogP contribution >= 0.6 is 0 Å². The van der Waals surface area contributed by atoms with Gasteiger partial charge in [0.1, 0.15) is 5.60 Å². The normalized spacial score (nSPS) is 22.3. The van der Waals surface area contributed by atoms with E-state index in [0.29, 0.717) is 13.2 Å². The van der Waals surface area contributed by atoms with Crippen molar-refractivity contribution >= 4 is 6.09 Å². The van der Waals surface area contributed by atoms with Crippen LogP contribution in [0.15, 0.2) is 12.2 Å². The average molecular weight is 213 g/mol. The van der Waals surface area contributed by atoms with Crippen molar-refractivity contribution in [3.05, 3.63) is 12.2 Å². The molecule has 1 rings (SSSR count). The molecule has 0 aliphatic carbocycles. The molecule has 0 spiro atoms. The van der Waals surface area contributed by atoms with Gasteiger partial charge in [0.25, 0.3) is 0 Å². The summed E-state index contributed by atoms with van der Waals surface area (Å²) in [6.45, 7) is 10.5. The fourth-order valence-electron chi connectivity index (χ4n) is 1.33. The van der Waals surface area contributed by atoms with Gasteiger partial charge in [0.05, 0.1) is 12.6 Å². The standard InChI is InChI=1S/C11H19NO3/c1-8-7-14-6-5-9(8)12-10(13)15-11(2,3)4/h9H,1,5-7H2,2-4H3,(H,12,13). The number of ether oxygens (including phenoxy) is 2. The molecule has 86 valence electrons. The van der Waals surface area contributed by atoms with Crippen LogP contribution in [-0.4, -0.2) is 30.9 Å². The molecule has 0 radical (unpaired) electrons. The minimum Gasteiger partial charge on any atom is -0.444 e. The second kappa shape index (κ2) is 4.66. The van der Waals surface area contributed by atoms with Crippen molar-refractivity contribution in [1.29, 1.82) is 0 Å². The van der Waals surface area contributed by atoms with E-state index in [4.69, 9.17) is 9.47 Å². The number of alkyl carbamates (subject to hydrolysis) is 1. The Morgan fingerprint density at radius 2 is 2.27 bits per heavy atom. The van der Waals surface area contributed by atoms with Gasteiger partial charge in [-0.05, 0) is 32.8 Å². The van der Waals surface area contributed by atoms with Crippen molar-refractivity contribution in [2.24, 2.45) is 0 Å². The number of hydrogen-bond donors (Lipinski definition) is 1. The largest absolute Gasteiger partial charge is 0.444 e. The zero-order valence-corrected chi connectivity index (χ0v) is 9.63. The highest BCUT2D eigenvalue weighted by molar-refractivity contribution is 5.68. The van der Waals surface area contributed by atoms with Crippen LogP contribution < -0.4 is 5.32 Å². The summed E-state index contributed by atoms with van der Waals surface area (Å²) >= 11 is 0. The molecule has 0 aromatic heterocycles. The van der Waals surface area contributed by atoms with Crippen molar-refractivity contribution in [3.63, 3.8) is 0 Å². The Balaban J connectivity index is 2.40. The maximum Gasteiger partial charge on any atom is 0.408 e. The van der Waals surface area contributed by atoms with E-state index in [1.54, 1.807) is 0 Å². The van der Waals surface area contributed by atoms with Crippen LogP contribution in [0, 0.1) is 0 Å². The molecule has 1 N–H and O–H groups in total. The predicted molar refractivity (Wildman–Crippen MR) is 57.7 cm³/mol. The summed E-state index contributed by atoms with van der Waals surface area (Å²) in [6, 6.07) is -0.0198. The first-order valence-electron chi connectivity index (χ1n) is 5.13. The SMILES string of the molecule is C=C1COCCC1NC(=O)OC(C)(C)C. The fourth-order valence-corrected chi connectivity index (χ4v) is 1.33. The second-order valence-electron chi connectivity index (χ2n) is 4.70. The minimum atomic E-state index is -0.462. The molecule has 1 amide bonds. The lowest BCUT2D eigenvalue weighted by atomic mass is 10.1. The quantitative estimate of drug-likeness (QED) is 0.676. The molecule has 1 aliphatic heterocycles. The van der Waals surface area contributed by atoms with E-state index in [2.05, 4.69) is 11.9 Å². The van der Waals surface area contributed by atoms with Gasteiger partial charge in [-0.3, -0.25) is 0 Å². The molecule has 15 heavy (non-hydrogen) atoms. The number of amides is 1. The zero-order valence-electron chi connectivity index (χ0n) is 9.63. The molecule has 0 saturated carbocycles. The van der Waals surface area contributed by atoms with Gasteiger partial charge >= 0.3 is 6.09 Å². The highest BCUT2D eigenvalue weighted by Gasteiger charge is 2.22. The summed E-state index contributed by atoms with van der Waals surface area (Å²) in [4.78, 5) is 11.5. The van der Waals surface area contributed by atoms with Crippen molar-refractivity contribution in [2.45, 2.75) is 38.8 Å². The van der Waals surface area contributed by atoms with Crippen molar-refractivity contribution in [3.8, 4) is 0 Å². The molecule has 1 fully saturated rings. The molecule has 4 nitrogen and oxygen atoms in total. The summed E-state index contributed by atoms with van der Waals surface area (Å²) in [7, 11) is 0. The molecule has 1 atom stereocenters. The summed E-state index contributed by atoms with van der Waals surface area (Å²) in [5.41, 5.74) is 0.434. The van der Waals surface area contributed by atoms with Gasteiger partial charge in [-0.1, -0.05) is 6.58 Å². The highest BCUT2D eigenvalue weighted by Crippen LogP contribution is 2.13. The number of carbonyl (C=O) groups is 1. The van der Waals surface area contributed by atoms with Crippen LogP contribution in [0.4, 0.5) is 4.79 Å². The summed E-state index contributed by atoms with van der Waals surface area (Å²) < 4.78 is 10.4. The van der Waals surface area contributed by atoms with E-state index < -0.39 is 11.7 Å². The number of carbonyl (C=O) groups excluding carboxylic acids is 1. The van der Waals surface area contributed by atoms with Gasteiger partial charge in [0.15, 0.2) is 0 Å². The maximum atomic E-state index is 11.5. The number of hydrogen-bond acceptors (Lipinski definition) is 3. The zero-order chi connectivity index (χ0) is 11.5. The third kappa shape index (κ3) is 4.34. The van der Waals surface area contributed by atoms with Crippen LogP contribution in [0.1, 0.15) is 27.2 Å². The minimum absolute atomic E-state index is 0.0198. The Bertz CT molecular complexity index is 255. The first-order chi connectivity index (χ1) is 6.88. The monoisotopic (exact) mass is 213 g/mol. The third-order valence-corrected chi connectivity index (χ3v) is 2.02. The van der Waals surface area contributed by atoms with Gasteiger partial charge in [-0.2, -0.15) is 0 Å². The van der Waals surface area contributed by atoms with Gasteiger partial charge in [0.2, 0.25) is 0 Å². The second-order valence-corrected chi connectivity index (χ2v) is 4.70. The molecule has 1 heterocycles. The molecule has 4 heteroatoms. The highest BCUT2D eigenvalue weighted by atomic mass is 16.6. The van der Waals surface area contributed by atoms with Crippen LogP contribution in [0.5, 0.6) is 0 Å². The predicted octanol–water partition coefficient (Wildman–Crippen LogP) is 1.86. The number of rotatable bonds is 1. The van der Waals surface area contributed by atoms with E-state index >= 15 is 0 Å². The molecule has 1 saturated heterocycles. The van der Waals surface area contributed by atoms with Crippen LogP contribution in [-0.2, 0) is 9.47 Å². The van der Waals surface area contributed by atoms with Crippen molar-refractivity contribution in [1.82, 2.24) is 5.32 Å². The molecule has 0 aromatic rings.